The fourth-order valence-corrected chi connectivity index (χ4v) is 2.21. The first-order valence-corrected chi connectivity index (χ1v) is 5.60. The molecule has 0 aliphatic carbocycles. The van der Waals surface area contributed by atoms with E-state index in [1.54, 1.807) is 11.8 Å². The number of esters is 1. The molecule has 1 amide bonds. The molecule has 0 aromatic heterocycles. The number of carbonyl (C=O) groups is 2. The van der Waals surface area contributed by atoms with Gasteiger partial charge >= 0.3 is 12.1 Å². The Kier molecular flexibility index (Phi) is 3.17. The maximum absolute atomic E-state index is 11.8. The normalized spacial score (nSPS) is 25.5. The van der Waals surface area contributed by atoms with E-state index >= 15 is 0 Å². The van der Waals surface area contributed by atoms with Crippen LogP contribution in [-0.2, 0) is 14.3 Å². The van der Waals surface area contributed by atoms with Gasteiger partial charge in [0.05, 0.1) is 31.4 Å². The minimum absolute atomic E-state index is 0.00699. The van der Waals surface area contributed by atoms with Crippen LogP contribution in [0.3, 0.4) is 0 Å². The van der Waals surface area contributed by atoms with Crippen LogP contribution in [0.4, 0.5) is 4.79 Å². The number of hydrogen-bond acceptors (Lipinski definition) is 4. The zero-order valence-corrected chi connectivity index (χ0v) is 9.88. The summed E-state index contributed by atoms with van der Waals surface area (Å²) in [6, 6.07) is -0.354. The lowest BCUT2D eigenvalue weighted by atomic mass is 10.0. The van der Waals surface area contributed by atoms with Crippen LogP contribution in [0.5, 0.6) is 0 Å². The topological polar surface area (TPSA) is 55.8 Å². The van der Waals surface area contributed by atoms with E-state index in [4.69, 9.17) is 9.47 Å². The Morgan fingerprint density at radius 2 is 2.24 bits per heavy atom. The summed E-state index contributed by atoms with van der Waals surface area (Å²) in [6.45, 7) is 2.08. The Morgan fingerprint density at radius 1 is 1.47 bits per heavy atom. The van der Waals surface area contributed by atoms with E-state index in [1.807, 2.05) is 18.2 Å². The second-order valence-corrected chi connectivity index (χ2v) is 3.89. The number of ether oxygens (including phenoxy) is 2. The largest absolute Gasteiger partial charge is 0.466 e. The van der Waals surface area contributed by atoms with E-state index in [0.29, 0.717) is 18.6 Å². The van der Waals surface area contributed by atoms with Gasteiger partial charge < -0.3 is 9.47 Å². The molecular formula is C12H15NO4. The summed E-state index contributed by atoms with van der Waals surface area (Å²) in [5.74, 6) is -0.394. The lowest BCUT2D eigenvalue weighted by molar-refractivity contribution is -0.136. The van der Waals surface area contributed by atoms with Crippen molar-refractivity contribution in [2.45, 2.75) is 25.4 Å². The highest BCUT2D eigenvalue weighted by Crippen LogP contribution is 2.31. The van der Waals surface area contributed by atoms with Crippen LogP contribution in [0.2, 0.25) is 0 Å². The molecule has 2 rings (SSSR count). The third-order valence-corrected chi connectivity index (χ3v) is 2.97. The van der Waals surface area contributed by atoms with Gasteiger partial charge in [0, 0.05) is 0 Å². The van der Waals surface area contributed by atoms with Crippen LogP contribution in [0.15, 0.2) is 23.8 Å². The number of methoxy groups -OCH3 is 1. The molecule has 92 valence electrons. The maximum atomic E-state index is 11.8. The lowest BCUT2D eigenvalue weighted by Crippen LogP contribution is -2.46. The molecule has 0 unspecified atom stereocenters. The van der Waals surface area contributed by atoms with Crippen molar-refractivity contribution >= 4 is 12.1 Å². The van der Waals surface area contributed by atoms with E-state index in [0.717, 1.165) is 0 Å². The Labute approximate surface area is 99.7 Å². The van der Waals surface area contributed by atoms with Gasteiger partial charge in [-0.05, 0) is 13.3 Å². The van der Waals surface area contributed by atoms with E-state index in [1.165, 1.54) is 7.11 Å². The highest BCUT2D eigenvalue weighted by molar-refractivity contribution is 5.92. The highest BCUT2D eigenvalue weighted by atomic mass is 16.6. The van der Waals surface area contributed by atoms with Gasteiger partial charge in [-0.15, -0.1) is 0 Å². The van der Waals surface area contributed by atoms with Crippen molar-refractivity contribution in [3.8, 4) is 0 Å². The van der Waals surface area contributed by atoms with Gasteiger partial charge in [-0.1, -0.05) is 18.2 Å². The zero-order chi connectivity index (χ0) is 12.4. The molecule has 17 heavy (non-hydrogen) atoms. The number of carbonyl (C=O) groups excluding carboxylic acids is 2. The quantitative estimate of drug-likeness (QED) is 0.536. The predicted molar refractivity (Wildman–Crippen MR) is 60.3 cm³/mol. The molecule has 2 bridgehead atoms. The fraction of sp³-hybridized carbons (Fsp3) is 0.500. The smallest absolute Gasteiger partial charge is 0.411 e. The third-order valence-electron chi connectivity index (χ3n) is 2.97. The van der Waals surface area contributed by atoms with Crippen molar-refractivity contribution in [1.82, 2.24) is 4.90 Å². The van der Waals surface area contributed by atoms with Crippen LogP contribution in [0, 0.1) is 0 Å². The van der Waals surface area contributed by atoms with Crippen molar-refractivity contribution in [2.24, 2.45) is 0 Å². The lowest BCUT2D eigenvalue weighted by Gasteiger charge is -2.33. The Morgan fingerprint density at radius 3 is 2.88 bits per heavy atom. The number of rotatable bonds is 2. The fourth-order valence-electron chi connectivity index (χ4n) is 2.21. The van der Waals surface area contributed by atoms with Gasteiger partial charge in [0.25, 0.3) is 0 Å². The maximum Gasteiger partial charge on any atom is 0.411 e. The molecule has 2 heterocycles. The van der Waals surface area contributed by atoms with Gasteiger partial charge in [0.15, 0.2) is 0 Å². The van der Waals surface area contributed by atoms with E-state index in [2.05, 4.69) is 0 Å². The first-order valence-electron chi connectivity index (χ1n) is 5.60. The first kappa shape index (κ1) is 11.7. The van der Waals surface area contributed by atoms with Crippen molar-refractivity contribution in [2.75, 3.05) is 13.7 Å². The SMILES string of the molecule is CCOC(=O)N1[C@@H]2C=C[C@H]1CC=C2C(=O)OC. The standard InChI is InChI=1S/C12H15NO4/c1-3-17-12(15)13-8-4-6-9(11(14)16-2)10(13)7-5-8/h5-8,10H,3-4H2,1-2H3/t8-,10-/m1/s1. The number of nitrogens with zero attached hydrogens (tertiary/aromatic N) is 1. The third kappa shape index (κ3) is 1.92. The first-order chi connectivity index (χ1) is 8.19. The molecule has 0 saturated heterocycles. The summed E-state index contributed by atoms with van der Waals surface area (Å²) in [7, 11) is 1.34. The average molecular weight is 237 g/mol. The van der Waals surface area contributed by atoms with Gasteiger partial charge in [-0.3, -0.25) is 4.90 Å². The number of fused-ring (bicyclic) bond motifs is 2. The molecule has 2 atom stereocenters. The molecule has 2 aliphatic heterocycles. The summed E-state index contributed by atoms with van der Waals surface area (Å²) in [5, 5.41) is 0. The minimum atomic E-state index is -0.394. The van der Waals surface area contributed by atoms with Crippen LogP contribution in [-0.4, -0.2) is 42.8 Å². The van der Waals surface area contributed by atoms with Crippen molar-refractivity contribution in [1.29, 1.82) is 0 Å². The molecule has 0 aromatic rings. The van der Waals surface area contributed by atoms with E-state index < -0.39 is 5.97 Å². The summed E-state index contributed by atoms with van der Waals surface area (Å²) >= 11 is 0. The van der Waals surface area contributed by atoms with Gasteiger partial charge in [0.2, 0.25) is 0 Å². The van der Waals surface area contributed by atoms with Crippen molar-refractivity contribution in [3.63, 3.8) is 0 Å². The highest BCUT2D eigenvalue weighted by Gasteiger charge is 2.40. The Hall–Kier alpha value is -1.78. The molecule has 0 aromatic carbocycles. The van der Waals surface area contributed by atoms with E-state index in [9.17, 15) is 9.59 Å². The molecule has 0 saturated carbocycles. The predicted octanol–water partition coefficient (Wildman–Crippen LogP) is 1.25. The molecule has 0 radical (unpaired) electrons. The minimum Gasteiger partial charge on any atom is -0.466 e. The second kappa shape index (κ2) is 4.61. The van der Waals surface area contributed by atoms with Crippen molar-refractivity contribution in [3.05, 3.63) is 23.8 Å². The molecule has 5 heteroatoms. The van der Waals surface area contributed by atoms with Crippen LogP contribution in [0.25, 0.3) is 0 Å². The average Bonchev–Trinajstić information content (AvgIpc) is 2.63. The van der Waals surface area contributed by atoms with Crippen LogP contribution >= 0.6 is 0 Å². The van der Waals surface area contributed by atoms with Gasteiger partial charge in [-0.2, -0.15) is 0 Å². The van der Waals surface area contributed by atoms with Crippen molar-refractivity contribution < 1.29 is 19.1 Å². The molecule has 0 fully saturated rings. The molecule has 2 aliphatic rings. The summed E-state index contributed by atoms with van der Waals surface area (Å²) in [4.78, 5) is 25.0. The second-order valence-electron chi connectivity index (χ2n) is 3.89. The summed E-state index contributed by atoms with van der Waals surface area (Å²) in [6.07, 6.45) is 5.83. The van der Waals surface area contributed by atoms with E-state index in [-0.39, 0.29) is 18.2 Å². The Balaban J connectivity index is 2.21. The zero-order valence-electron chi connectivity index (χ0n) is 9.88. The molecule has 0 spiro atoms. The molecule has 5 nitrogen and oxygen atoms in total. The summed E-state index contributed by atoms with van der Waals surface area (Å²) < 4.78 is 9.70. The van der Waals surface area contributed by atoms with Crippen LogP contribution in [0.1, 0.15) is 13.3 Å². The number of hydrogen-bond donors (Lipinski definition) is 0. The van der Waals surface area contributed by atoms with Gasteiger partial charge in [0.1, 0.15) is 0 Å². The van der Waals surface area contributed by atoms with Crippen LogP contribution < -0.4 is 0 Å². The summed E-state index contributed by atoms with van der Waals surface area (Å²) in [5.41, 5.74) is 0.505. The number of amides is 1. The van der Waals surface area contributed by atoms with Gasteiger partial charge in [-0.25, -0.2) is 9.59 Å². The molecular weight excluding hydrogens is 222 g/mol. The monoisotopic (exact) mass is 237 g/mol. The molecule has 0 N–H and O–H groups in total. The Bertz CT molecular complexity index is 399.